The van der Waals surface area contributed by atoms with Crippen LogP contribution in [0.4, 0.5) is 10.2 Å². The monoisotopic (exact) mass is 251 g/mol. The molecule has 5 heteroatoms. The Morgan fingerprint density at radius 3 is 2.94 bits per heavy atom. The molecule has 0 aliphatic heterocycles. The average molecular weight is 252 g/mol. The molecule has 0 saturated carbocycles. The summed E-state index contributed by atoms with van der Waals surface area (Å²) >= 11 is 5.87. The highest BCUT2D eigenvalue weighted by molar-refractivity contribution is 6.30. The van der Waals surface area contributed by atoms with Gasteiger partial charge in [0.15, 0.2) is 0 Å². The van der Waals surface area contributed by atoms with Crippen LogP contribution in [0.25, 0.3) is 0 Å². The molecule has 0 saturated heterocycles. The number of benzene rings is 1. The lowest BCUT2D eigenvalue weighted by Gasteiger charge is -2.08. The summed E-state index contributed by atoms with van der Waals surface area (Å²) in [5.41, 5.74) is 1.63. The van der Waals surface area contributed by atoms with Gasteiger partial charge in [-0.05, 0) is 24.6 Å². The number of aromatic nitrogens is 2. The number of nitrogens with zero attached hydrogens (tertiary/aromatic N) is 2. The summed E-state index contributed by atoms with van der Waals surface area (Å²) in [6.07, 6.45) is 1.39. The van der Waals surface area contributed by atoms with E-state index in [0.29, 0.717) is 17.5 Å². The van der Waals surface area contributed by atoms with Crippen molar-refractivity contribution in [3.05, 3.63) is 52.7 Å². The Balaban J connectivity index is 2.10. The van der Waals surface area contributed by atoms with E-state index in [4.69, 9.17) is 11.6 Å². The van der Waals surface area contributed by atoms with Crippen LogP contribution in [0.3, 0.4) is 0 Å². The van der Waals surface area contributed by atoms with Gasteiger partial charge < -0.3 is 5.32 Å². The standard InChI is InChI=1S/C12H11ClFN3/c1-8-11(13)16-7-17-12(8)15-6-9-3-2-4-10(14)5-9/h2-5,7H,6H2,1H3,(H,15,16,17). The van der Waals surface area contributed by atoms with Crippen molar-refractivity contribution in [1.82, 2.24) is 9.97 Å². The zero-order chi connectivity index (χ0) is 12.3. The van der Waals surface area contributed by atoms with E-state index < -0.39 is 0 Å². The van der Waals surface area contributed by atoms with Gasteiger partial charge in [-0.3, -0.25) is 0 Å². The lowest BCUT2D eigenvalue weighted by atomic mass is 10.2. The van der Waals surface area contributed by atoms with Crippen molar-refractivity contribution in [2.24, 2.45) is 0 Å². The molecule has 2 aromatic rings. The molecule has 0 spiro atoms. The van der Waals surface area contributed by atoms with Gasteiger partial charge in [-0.15, -0.1) is 0 Å². The summed E-state index contributed by atoms with van der Waals surface area (Å²) in [6, 6.07) is 6.40. The van der Waals surface area contributed by atoms with Crippen molar-refractivity contribution in [1.29, 1.82) is 0 Å². The molecule has 1 heterocycles. The van der Waals surface area contributed by atoms with E-state index in [1.807, 2.05) is 13.0 Å². The van der Waals surface area contributed by atoms with Crippen molar-refractivity contribution >= 4 is 17.4 Å². The van der Waals surface area contributed by atoms with Crippen LogP contribution in [0.5, 0.6) is 0 Å². The predicted octanol–water partition coefficient (Wildman–Crippen LogP) is 3.19. The van der Waals surface area contributed by atoms with E-state index in [1.54, 1.807) is 6.07 Å². The van der Waals surface area contributed by atoms with Crippen molar-refractivity contribution in [3.8, 4) is 0 Å². The summed E-state index contributed by atoms with van der Waals surface area (Å²) in [5, 5.41) is 3.51. The third-order valence-electron chi connectivity index (χ3n) is 2.37. The van der Waals surface area contributed by atoms with Crippen LogP contribution >= 0.6 is 11.6 Å². The van der Waals surface area contributed by atoms with Gasteiger partial charge in [-0.25, -0.2) is 14.4 Å². The zero-order valence-corrected chi connectivity index (χ0v) is 10.0. The second-order valence-electron chi connectivity index (χ2n) is 3.62. The van der Waals surface area contributed by atoms with Crippen LogP contribution in [0.1, 0.15) is 11.1 Å². The molecule has 0 unspecified atom stereocenters. The van der Waals surface area contributed by atoms with E-state index in [9.17, 15) is 4.39 Å². The Bertz CT molecular complexity index is 531. The van der Waals surface area contributed by atoms with Crippen LogP contribution in [-0.2, 0) is 6.54 Å². The molecule has 0 radical (unpaired) electrons. The Kier molecular flexibility index (Phi) is 3.54. The Hall–Kier alpha value is -1.68. The SMILES string of the molecule is Cc1c(Cl)ncnc1NCc1cccc(F)c1. The summed E-state index contributed by atoms with van der Waals surface area (Å²) < 4.78 is 13.0. The van der Waals surface area contributed by atoms with E-state index in [-0.39, 0.29) is 5.82 Å². The van der Waals surface area contributed by atoms with Crippen molar-refractivity contribution in [3.63, 3.8) is 0 Å². The molecule has 0 amide bonds. The maximum atomic E-state index is 13.0. The lowest BCUT2D eigenvalue weighted by molar-refractivity contribution is 0.626. The molecular formula is C12H11ClFN3. The molecule has 88 valence electrons. The fraction of sp³-hybridized carbons (Fsp3) is 0.167. The first-order valence-electron chi connectivity index (χ1n) is 5.12. The fourth-order valence-electron chi connectivity index (χ4n) is 1.44. The number of nitrogens with one attached hydrogen (secondary N) is 1. The number of halogens is 2. The second kappa shape index (κ2) is 5.10. The molecule has 0 bridgehead atoms. The minimum Gasteiger partial charge on any atom is -0.366 e. The number of anilines is 1. The van der Waals surface area contributed by atoms with E-state index >= 15 is 0 Å². The molecule has 0 fully saturated rings. The predicted molar refractivity (Wildman–Crippen MR) is 65.5 cm³/mol. The van der Waals surface area contributed by atoms with Gasteiger partial charge in [0.25, 0.3) is 0 Å². The zero-order valence-electron chi connectivity index (χ0n) is 9.24. The molecule has 3 nitrogen and oxygen atoms in total. The van der Waals surface area contributed by atoms with E-state index in [2.05, 4.69) is 15.3 Å². The second-order valence-corrected chi connectivity index (χ2v) is 3.98. The third-order valence-corrected chi connectivity index (χ3v) is 2.75. The normalized spacial score (nSPS) is 10.3. The number of hydrogen-bond acceptors (Lipinski definition) is 3. The van der Waals surface area contributed by atoms with Gasteiger partial charge in [0.2, 0.25) is 0 Å². The number of hydrogen-bond donors (Lipinski definition) is 1. The molecule has 0 aliphatic carbocycles. The molecule has 17 heavy (non-hydrogen) atoms. The largest absolute Gasteiger partial charge is 0.366 e. The van der Waals surface area contributed by atoms with Crippen LogP contribution in [0, 0.1) is 12.7 Å². The summed E-state index contributed by atoms with van der Waals surface area (Å²) in [4.78, 5) is 7.94. The highest BCUT2D eigenvalue weighted by Gasteiger charge is 2.04. The van der Waals surface area contributed by atoms with Crippen molar-refractivity contribution in [2.75, 3.05) is 5.32 Å². The average Bonchev–Trinajstić information content (AvgIpc) is 2.31. The highest BCUT2D eigenvalue weighted by Crippen LogP contribution is 2.18. The molecule has 1 N–H and O–H groups in total. The smallest absolute Gasteiger partial charge is 0.137 e. The minimum atomic E-state index is -0.248. The van der Waals surface area contributed by atoms with Gasteiger partial charge in [0.1, 0.15) is 23.1 Å². The topological polar surface area (TPSA) is 37.8 Å². The minimum absolute atomic E-state index is 0.248. The molecule has 0 aliphatic rings. The fourth-order valence-corrected chi connectivity index (χ4v) is 1.57. The first kappa shape index (κ1) is 11.8. The van der Waals surface area contributed by atoms with Gasteiger partial charge in [-0.1, -0.05) is 23.7 Å². The first-order valence-corrected chi connectivity index (χ1v) is 5.50. The summed E-state index contributed by atoms with van der Waals surface area (Å²) in [5.74, 6) is 0.413. The van der Waals surface area contributed by atoms with Crippen molar-refractivity contribution < 1.29 is 4.39 Å². The van der Waals surface area contributed by atoms with E-state index in [0.717, 1.165) is 11.1 Å². The van der Waals surface area contributed by atoms with Crippen LogP contribution in [-0.4, -0.2) is 9.97 Å². The molecular weight excluding hydrogens is 241 g/mol. The molecule has 0 atom stereocenters. The molecule has 1 aromatic heterocycles. The molecule has 2 rings (SSSR count). The summed E-state index contributed by atoms with van der Waals surface area (Å²) in [6.45, 7) is 2.32. The third kappa shape index (κ3) is 2.91. The first-order chi connectivity index (χ1) is 8.16. The Labute approximate surface area is 104 Å². The quantitative estimate of drug-likeness (QED) is 0.852. The Morgan fingerprint density at radius 2 is 2.18 bits per heavy atom. The van der Waals surface area contributed by atoms with Crippen LogP contribution in [0.15, 0.2) is 30.6 Å². The highest BCUT2D eigenvalue weighted by atomic mass is 35.5. The van der Waals surface area contributed by atoms with Gasteiger partial charge >= 0.3 is 0 Å². The van der Waals surface area contributed by atoms with Gasteiger partial charge in [0.05, 0.1) is 0 Å². The van der Waals surface area contributed by atoms with Gasteiger partial charge in [0, 0.05) is 12.1 Å². The summed E-state index contributed by atoms with van der Waals surface area (Å²) in [7, 11) is 0. The van der Waals surface area contributed by atoms with Gasteiger partial charge in [-0.2, -0.15) is 0 Å². The molecule has 1 aromatic carbocycles. The van der Waals surface area contributed by atoms with Crippen LogP contribution in [0.2, 0.25) is 5.15 Å². The van der Waals surface area contributed by atoms with E-state index in [1.165, 1.54) is 18.5 Å². The van der Waals surface area contributed by atoms with Crippen LogP contribution < -0.4 is 5.32 Å². The maximum Gasteiger partial charge on any atom is 0.137 e. The lowest BCUT2D eigenvalue weighted by Crippen LogP contribution is -2.04. The Morgan fingerprint density at radius 1 is 1.35 bits per heavy atom. The maximum absolute atomic E-state index is 13.0. The number of rotatable bonds is 3. The van der Waals surface area contributed by atoms with Crippen molar-refractivity contribution in [2.45, 2.75) is 13.5 Å².